The van der Waals surface area contributed by atoms with Crippen LogP contribution in [0.2, 0.25) is 0 Å². The number of hydrogen-bond acceptors (Lipinski definition) is 4. The molecule has 0 aliphatic rings. The van der Waals surface area contributed by atoms with Crippen molar-refractivity contribution >= 4 is 10.9 Å². The Morgan fingerprint density at radius 1 is 1.29 bits per heavy atom. The second-order valence-electron chi connectivity index (χ2n) is 3.52. The summed E-state index contributed by atoms with van der Waals surface area (Å²) in [5, 5.41) is 0.406. The predicted octanol–water partition coefficient (Wildman–Crippen LogP) is 0.991. The monoisotopic (exact) mass is 235 g/mol. The standard InChI is InChI=1S/C12H13NO4/c1-2-16-8-7-13-10-6-4-3-5-9(10)11(14)17-12(13)15/h3-6H,2,7-8H2,1H3. The van der Waals surface area contributed by atoms with E-state index in [1.807, 2.05) is 6.92 Å². The van der Waals surface area contributed by atoms with E-state index in [1.54, 1.807) is 24.3 Å². The lowest BCUT2D eigenvalue weighted by molar-refractivity contribution is 0.137. The summed E-state index contributed by atoms with van der Waals surface area (Å²) in [7, 11) is 0. The van der Waals surface area contributed by atoms with Crippen molar-refractivity contribution in [2.75, 3.05) is 13.2 Å². The molecule has 0 N–H and O–H groups in total. The molecule has 0 saturated carbocycles. The molecule has 1 aromatic carbocycles. The molecule has 0 spiro atoms. The molecule has 0 bridgehead atoms. The number of rotatable bonds is 4. The van der Waals surface area contributed by atoms with Crippen molar-refractivity contribution in [2.45, 2.75) is 13.5 Å². The van der Waals surface area contributed by atoms with Crippen LogP contribution in [0, 0.1) is 0 Å². The van der Waals surface area contributed by atoms with Crippen molar-refractivity contribution in [1.82, 2.24) is 4.57 Å². The zero-order valence-electron chi connectivity index (χ0n) is 9.51. The molecule has 0 amide bonds. The highest BCUT2D eigenvalue weighted by Crippen LogP contribution is 2.06. The fourth-order valence-corrected chi connectivity index (χ4v) is 1.68. The lowest BCUT2D eigenvalue weighted by Gasteiger charge is -2.07. The van der Waals surface area contributed by atoms with Crippen molar-refractivity contribution in [1.29, 1.82) is 0 Å². The van der Waals surface area contributed by atoms with Crippen LogP contribution in [-0.4, -0.2) is 17.8 Å². The van der Waals surface area contributed by atoms with Crippen LogP contribution >= 0.6 is 0 Å². The largest absolute Gasteiger partial charge is 0.422 e. The number of benzene rings is 1. The summed E-state index contributed by atoms with van der Waals surface area (Å²) in [5.74, 6) is -0.645. The van der Waals surface area contributed by atoms with Gasteiger partial charge in [0.25, 0.3) is 0 Å². The van der Waals surface area contributed by atoms with Crippen molar-refractivity contribution in [2.24, 2.45) is 0 Å². The number of fused-ring (bicyclic) bond motifs is 1. The molecular weight excluding hydrogens is 222 g/mol. The van der Waals surface area contributed by atoms with Gasteiger partial charge in [-0.2, -0.15) is 0 Å². The summed E-state index contributed by atoms with van der Waals surface area (Å²) in [6.45, 7) is 3.25. The minimum Gasteiger partial charge on any atom is -0.380 e. The molecule has 17 heavy (non-hydrogen) atoms. The molecule has 5 heteroatoms. The number of nitrogens with zero attached hydrogens (tertiary/aromatic N) is 1. The maximum Gasteiger partial charge on any atom is 0.422 e. The van der Waals surface area contributed by atoms with Crippen molar-refractivity contribution in [3.05, 3.63) is 45.2 Å². The van der Waals surface area contributed by atoms with Gasteiger partial charge in [-0.3, -0.25) is 4.57 Å². The Morgan fingerprint density at radius 3 is 2.82 bits per heavy atom. The van der Waals surface area contributed by atoms with Gasteiger partial charge in [-0.15, -0.1) is 0 Å². The van der Waals surface area contributed by atoms with Crippen LogP contribution in [0.5, 0.6) is 0 Å². The van der Waals surface area contributed by atoms with Crippen LogP contribution in [-0.2, 0) is 11.3 Å². The van der Waals surface area contributed by atoms with Gasteiger partial charge in [0, 0.05) is 6.61 Å². The molecule has 0 atom stereocenters. The molecule has 2 aromatic rings. The topological polar surface area (TPSA) is 61.4 Å². The first-order valence-electron chi connectivity index (χ1n) is 5.44. The minimum absolute atomic E-state index is 0.372. The summed E-state index contributed by atoms with van der Waals surface area (Å²) in [5.41, 5.74) is -0.0216. The van der Waals surface area contributed by atoms with E-state index in [1.165, 1.54) is 4.57 Å². The fourth-order valence-electron chi connectivity index (χ4n) is 1.68. The molecule has 90 valence electrons. The van der Waals surface area contributed by atoms with Crippen molar-refractivity contribution in [3.8, 4) is 0 Å². The van der Waals surface area contributed by atoms with E-state index in [9.17, 15) is 9.59 Å². The Kier molecular flexibility index (Phi) is 3.39. The molecule has 0 saturated heterocycles. The highest BCUT2D eigenvalue weighted by molar-refractivity contribution is 5.77. The SMILES string of the molecule is CCOCCn1c(=O)oc(=O)c2ccccc21. The van der Waals surface area contributed by atoms with Gasteiger partial charge >= 0.3 is 11.4 Å². The molecule has 2 rings (SSSR count). The number of para-hydroxylation sites is 1. The Balaban J connectivity index is 2.54. The highest BCUT2D eigenvalue weighted by Gasteiger charge is 2.07. The third-order valence-corrected chi connectivity index (χ3v) is 2.48. The lowest BCUT2D eigenvalue weighted by Crippen LogP contribution is -2.26. The predicted molar refractivity (Wildman–Crippen MR) is 63.2 cm³/mol. The van der Waals surface area contributed by atoms with Gasteiger partial charge in [0.05, 0.1) is 24.1 Å². The molecule has 5 nitrogen and oxygen atoms in total. The van der Waals surface area contributed by atoms with E-state index in [-0.39, 0.29) is 0 Å². The summed E-state index contributed by atoms with van der Waals surface area (Å²) in [6.07, 6.45) is 0. The summed E-state index contributed by atoms with van der Waals surface area (Å²) in [6, 6.07) is 6.87. The Bertz CT molecular complexity index is 626. The van der Waals surface area contributed by atoms with Crippen LogP contribution in [0.1, 0.15) is 6.92 Å². The minimum atomic E-state index is -0.645. The molecule has 1 aromatic heterocycles. The van der Waals surface area contributed by atoms with E-state index in [0.717, 1.165) is 0 Å². The zero-order chi connectivity index (χ0) is 12.3. The first-order valence-corrected chi connectivity index (χ1v) is 5.44. The van der Waals surface area contributed by atoms with Crippen molar-refractivity contribution in [3.63, 3.8) is 0 Å². The van der Waals surface area contributed by atoms with E-state index in [4.69, 9.17) is 4.74 Å². The normalized spacial score (nSPS) is 10.9. The fraction of sp³-hybridized carbons (Fsp3) is 0.333. The van der Waals surface area contributed by atoms with Gasteiger partial charge in [-0.25, -0.2) is 9.59 Å². The summed E-state index contributed by atoms with van der Waals surface area (Å²) >= 11 is 0. The maximum atomic E-state index is 11.6. The summed E-state index contributed by atoms with van der Waals surface area (Å²) in [4.78, 5) is 23.1. The van der Waals surface area contributed by atoms with E-state index in [0.29, 0.717) is 30.7 Å². The van der Waals surface area contributed by atoms with E-state index >= 15 is 0 Å². The smallest absolute Gasteiger partial charge is 0.380 e. The maximum absolute atomic E-state index is 11.6. The highest BCUT2D eigenvalue weighted by atomic mass is 16.5. The average Bonchev–Trinajstić information content (AvgIpc) is 2.33. The molecule has 0 aliphatic carbocycles. The lowest BCUT2D eigenvalue weighted by atomic mass is 10.2. The van der Waals surface area contributed by atoms with Crippen LogP contribution in [0.3, 0.4) is 0 Å². The van der Waals surface area contributed by atoms with Crippen LogP contribution in [0.15, 0.2) is 38.3 Å². The molecule has 0 unspecified atom stereocenters. The van der Waals surface area contributed by atoms with Crippen LogP contribution < -0.4 is 11.4 Å². The van der Waals surface area contributed by atoms with Gasteiger partial charge in [0.15, 0.2) is 0 Å². The quantitative estimate of drug-likeness (QED) is 0.741. The van der Waals surface area contributed by atoms with Crippen LogP contribution in [0.4, 0.5) is 0 Å². The second-order valence-corrected chi connectivity index (χ2v) is 3.52. The molecule has 0 aliphatic heterocycles. The van der Waals surface area contributed by atoms with E-state index in [2.05, 4.69) is 4.42 Å². The Labute approximate surface area is 97.2 Å². The van der Waals surface area contributed by atoms with Crippen molar-refractivity contribution < 1.29 is 9.15 Å². The van der Waals surface area contributed by atoms with E-state index < -0.39 is 11.4 Å². The number of hydrogen-bond donors (Lipinski definition) is 0. The van der Waals surface area contributed by atoms with Gasteiger partial charge in [0.2, 0.25) is 0 Å². The second kappa shape index (κ2) is 4.97. The van der Waals surface area contributed by atoms with Crippen LogP contribution in [0.25, 0.3) is 10.9 Å². The first kappa shape index (κ1) is 11.6. The average molecular weight is 235 g/mol. The Hall–Kier alpha value is -1.88. The number of ether oxygens (including phenoxy) is 1. The molecule has 0 radical (unpaired) electrons. The van der Waals surface area contributed by atoms with Gasteiger partial charge in [-0.05, 0) is 19.1 Å². The van der Waals surface area contributed by atoms with Gasteiger partial charge in [0.1, 0.15) is 0 Å². The Morgan fingerprint density at radius 2 is 2.06 bits per heavy atom. The van der Waals surface area contributed by atoms with Gasteiger partial charge < -0.3 is 9.15 Å². The third kappa shape index (κ3) is 2.29. The molecular formula is C12H13NO4. The molecule has 1 heterocycles. The molecule has 0 fully saturated rings. The van der Waals surface area contributed by atoms with Gasteiger partial charge in [-0.1, -0.05) is 12.1 Å². The first-order chi connectivity index (χ1) is 8.24. The number of aromatic nitrogens is 1. The zero-order valence-corrected chi connectivity index (χ0v) is 9.51. The summed E-state index contributed by atoms with van der Waals surface area (Å²) < 4.78 is 11.2. The third-order valence-electron chi connectivity index (χ3n) is 2.48.